The molecule has 0 atom stereocenters. The molecule has 0 bridgehead atoms. The first-order valence-electron chi connectivity index (χ1n) is 9.28. The zero-order valence-electron chi connectivity index (χ0n) is 17.4. The SMILES string of the molecule is Cc1ncc(-c2cc(Oc3ccc(NC(=O)NC(=O)C(C)(C)C)nc3C)ccn2)s1. The highest BCUT2D eigenvalue weighted by Crippen LogP contribution is 2.30. The number of aromatic nitrogens is 3. The van der Waals surface area contributed by atoms with Crippen molar-refractivity contribution in [3.63, 3.8) is 0 Å². The van der Waals surface area contributed by atoms with Crippen LogP contribution >= 0.6 is 11.3 Å². The molecule has 156 valence electrons. The van der Waals surface area contributed by atoms with Gasteiger partial charge in [0.15, 0.2) is 0 Å². The molecular weight excluding hydrogens is 402 g/mol. The Labute approximate surface area is 178 Å². The standard InChI is InChI=1S/C21H23N5O3S/c1-12-16(6-7-18(24-12)25-20(28)26-19(27)21(3,4)5)29-14-8-9-22-15(10-14)17-11-23-13(2)30-17/h6-11H,1-5H3,(H2,24,25,26,27,28). The van der Waals surface area contributed by atoms with E-state index in [9.17, 15) is 9.59 Å². The van der Waals surface area contributed by atoms with Crippen LogP contribution in [0.2, 0.25) is 0 Å². The summed E-state index contributed by atoms with van der Waals surface area (Å²) in [5.74, 6) is 1.10. The zero-order chi connectivity index (χ0) is 21.9. The van der Waals surface area contributed by atoms with Gasteiger partial charge in [0.05, 0.1) is 21.3 Å². The molecule has 9 heteroatoms. The topological polar surface area (TPSA) is 106 Å². The van der Waals surface area contributed by atoms with Crippen molar-refractivity contribution >= 4 is 29.1 Å². The van der Waals surface area contributed by atoms with Crippen molar-refractivity contribution in [2.75, 3.05) is 5.32 Å². The summed E-state index contributed by atoms with van der Waals surface area (Å²) in [6.07, 6.45) is 3.46. The maximum absolute atomic E-state index is 12.0. The molecule has 0 fully saturated rings. The van der Waals surface area contributed by atoms with E-state index >= 15 is 0 Å². The van der Waals surface area contributed by atoms with Gasteiger partial charge in [-0.25, -0.2) is 14.8 Å². The molecular formula is C21H23N5O3S. The predicted molar refractivity (Wildman–Crippen MR) is 116 cm³/mol. The first-order chi connectivity index (χ1) is 14.1. The summed E-state index contributed by atoms with van der Waals surface area (Å²) >= 11 is 1.56. The van der Waals surface area contributed by atoms with Crippen LogP contribution in [0.15, 0.2) is 36.7 Å². The smallest absolute Gasteiger partial charge is 0.327 e. The number of aryl methyl sites for hydroxylation is 2. The third kappa shape index (κ3) is 5.38. The molecule has 0 aliphatic heterocycles. The maximum atomic E-state index is 12.0. The third-order valence-corrected chi connectivity index (χ3v) is 4.96. The predicted octanol–water partition coefficient (Wildman–Crippen LogP) is 4.70. The van der Waals surface area contributed by atoms with Gasteiger partial charge in [0.2, 0.25) is 5.91 Å². The van der Waals surface area contributed by atoms with Crippen LogP contribution in [0.25, 0.3) is 10.6 Å². The largest absolute Gasteiger partial charge is 0.455 e. The van der Waals surface area contributed by atoms with Gasteiger partial charge >= 0.3 is 6.03 Å². The highest BCUT2D eigenvalue weighted by atomic mass is 32.1. The van der Waals surface area contributed by atoms with Crippen LogP contribution in [0, 0.1) is 19.3 Å². The van der Waals surface area contributed by atoms with Crippen LogP contribution in [0.1, 0.15) is 31.5 Å². The normalized spacial score (nSPS) is 11.1. The Hall–Kier alpha value is -3.33. The Bertz CT molecular complexity index is 1090. The van der Waals surface area contributed by atoms with Gasteiger partial charge in [-0.1, -0.05) is 20.8 Å². The molecule has 2 N–H and O–H groups in total. The summed E-state index contributed by atoms with van der Waals surface area (Å²) in [4.78, 5) is 37.8. The second kappa shape index (κ2) is 8.58. The Balaban J connectivity index is 1.69. The molecule has 0 aromatic carbocycles. The number of nitrogens with one attached hydrogen (secondary N) is 2. The van der Waals surface area contributed by atoms with E-state index < -0.39 is 11.4 Å². The number of rotatable bonds is 4. The highest BCUT2D eigenvalue weighted by Gasteiger charge is 2.23. The molecule has 0 aliphatic rings. The van der Waals surface area contributed by atoms with Gasteiger partial charge in [-0.05, 0) is 32.0 Å². The minimum Gasteiger partial charge on any atom is -0.455 e. The number of hydrogen-bond donors (Lipinski definition) is 2. The third-order valence-electron chi connectivity index (χ3n) is 4.02. The number of amides is 3. The zero-order valence-corrected chi connectivity index (χ0v) is 18.3. The molecule has 3 heterocycles. The van der Waals surface area contributed by atoms with Crippen molar-refractivity contribution in [3.05, 3.63) is 47.4 Å². The average Bonchev–Trinajstić information content (AvgIpc) is 3.10. The van der Waals surface area contributed by atoms with Crippen LogP contribution in [0.3, 0.4) is 0 Å². The lowest BCUT2D eigenvalue weighted by Gasteiger charge is -2.17. The molecule has 3 amide bonds. The Kier molecular flexibility index (Phi) is 6.12. The number of imide groups is 1. The summed E-state index contributed by atoms with van der Waals surface area (Å²) in [5, 5.41) is 5.82. The Morgan fingerprint density at radius 3 is 2.50 bits per heavy atom. The minimum atomic E-state index is -0.667. The lowest BCUT2D eigenvalue weighted by molar-refractivity contribution is -0.127. The lowest BCUT2D eigenvalue weighted by Crippen LogP contribution is -2.41. The molecule has 0 radical (unpaired) electrons. The fourth-order valence-electron chi connectivity index (χ4n) is 2.38. The first-order valence-corrected chi connectivity index (χ1v) is 10.1. The number of hydrogen-bond acceptors (Lipinski definition) is 7. The Morgan fingerprint density at radius 2 is 1.87 bits per heavy atom. The highest BCUT2D eigenvalue weighted by molar-refractivity contribution is 7.15. The molecule has 3 aromatic rings. The Morgan fingerprint density at radius 1 is 1.10 bits per heavy atom. The van der Waals surface area contributed by atoms with Gasteiger partial charge in [0.1, 0.15) is 17.3 Å². The van der Waals surface area contributed by atoms with Crippen molar-refractivity contribution in [3.8, 4) is 22.1 Å². The number of pyridine rings is 2. The molecule has 0 aliphatic carbocycles. The van der Waals surface area contributed by atoms with Gasteiger partial charge in [0, 0.05) is 23.9 Å². The van der Waals surface area contributed by atoms with Gasteiger partial charge in [-0.2, -0.15) is 0 Å². The second-order valence-electron chi connectivity index (χ2n) is 7.66. The van der Waals surface area contributed by atoms with Crippen LogP contribution in [0.4, 0.5) is 10.6 Å². The summed E-state index contributed by atoms with van der Waals surface area (Å²) in [7, 11) is 0. The number of urea groups is 1. The van der Waals surface area contributed by atoms with Crippen molar-refractivity contribution in [2.45, 2.75) is 34.6 Å². The molecule has 0 spiro atoms. The van der Waals surface area contributed by atoms with E-state index in [-0.39, 0.29) is 5.91 Å². The van der Waals surface area contributed by atoms with E-state index in [1.54, 1.807) is 69.6 Å². The molecule has 0 unspecified atom stereocenters. The van der Waals surface area contributed by atoms with Crippen LogP contribution in [-0.2, 0) is 4.79 Å². The van der Waals surface area contributed by atoms with Gasteiger partial charge in [-0.3, -0.25) is 20.4 Å². The molecule has 3 rings (SSSR count). The van der Waals surface area contributed by atoms with Crippen molar-refractivity contribution < 1.29 is 14.3 Å². The van der Waals surface area contributed by atoms with Gasteiger partial charge in [0.25, 0.3) is 0 Å². The van der Waals surface area contributed by atoms with Gasteiger partial charge < -0.3 is 4.74 Å². The van der Waals surface area contributed by atoms with E-state index in [1.807, 2.05) is 13.0 Å². The number of nitrogens with zero attached hydrogens (tertiary/aromatic N) is 3. The molecule has 3 aromatic heterocycles. The van der Waals surface area contributed by atoms with E-state index in [0.717, 1.165) is 15.6 Å². The monoisotopic (exact) mass is 425 g/mol. The van der Waals surface area contributed by atoms with Gasteiger partial charge in [-0.15, -0.1) is 11.3 Å². The van der Waals surface area contributed by atoms with Crippen LogP contribution in [-0.4, -0.2) is 26.9 Å². The van der Waals surface area contributed by atoms with E-state index in [1.165, 1.54) is 0 Å². The quantitative estimate of drug-likeness (QED) is 0.627. The number of carbonyl (C=O) groups is 2. The summed E-state index contributed by atoms with van der Waals surface area (Å²) in [5.41, 5.74) is 0.698. The summed E-state index contributed by atoms with van der Waals surface area (Å²) < 4.78 is 5.95. The van der Waals surface area contributed by atoms with Crippen molar-refractivity contribution in [2.24, 2.45) is 5.41 Å². The fourth-order valence-corrected chi connectivity index (χ4v) is 3.13. The van der Waals surface area contributed by atoms with E-state index in [2.05, 4.69) is 25.6 Å². The number of anilines is 1. The van der Waals surface area contributed by atoms with Crippen molar-refractivity contribution in [1.29, 1.82) is 0 Å². The molecule has 8 nitrogen and oxygen atoms in total. The van der Waals surface area contributed by atoms with E-state index in [4.69, 9.17) is 4.74 Å². The van der Waals surface area contributed by atoms with Crippen molar-refractivity contribution in [1.82, 2.24) is 20.3 Å². The summed E-state index contributed by atoms with van der Waals surface area (Å²) in [6.45, 7) is 8.90. The second-order valence-corrected chi connectivity index (χ2v) is 8.90. The fraction of sp³-hybridized carbons (Fsp3) is 0.286. The minimum absolute atomic E-state index is 0.314. The summed E-state index contributed by atoms with van der Waals surface area (Å²) in [6, 6.07) is 6.28. The number of ether oxygens (including phenoxy) is 1. The maximum Gasteiger partial charge on any atom is 0.327 e. The average molecular weight is 426 g/mol. The molecule has 0 saturated carbocycles. The van der Waals surface area contributed by atoms with E-state index in [0.29, 0.717) is 23.0 Å². The molecule has 0 saturated heterocycles. The number of carbonyl (C=O) groups excluding carboxylic acids is 2. The number of thiazole rings is 1. The van der Waals surface area contributed by atoms with Crippen LogP contribution in [0.5, 0.6) is 11.5 Å². The van der Waals surface area contributed by atoms with Crippen LogP contribution < -0.4 is 15.4 Å². The molecule has 30 heavy (non-hydrogen) atoms. The first kappa shape index (κ1) is 21.4. The lowest BCUT2D eigenvalue weighted by atomic mass is 9.96.